The van der Waals surface area contributed by atoms with Crippen molar-refractivity contribution in [1.82, 2.24) is 4.72 Å². The molecule has 0 fully saturated rings. The van der Waals surface area contributed by atoms with E-state index in [1.165, 1.54) is 19.2 Å². The molecule has 0 heterocycles. The maximum absolute atomic E-state index is 12.1. The Labute approximate surface area is 135 Å². The van der Waals surface area contributed by atoms with E-state index in [1.54, 1.807) is 12.1 Å². The molecule has 0 spiro atoms. The number of rotatable bonds is 7. The fourth-order valence-electron chi connectivity index (χ4n) is 2.02. The van der Waals surface area contributed by atoms with Gasteiger partial charge in [-0.05, 0) is 24.1 Å². The number of anilines is 1. The Hall–Kier alpha value is -2.38. The number of esters is 1. The molecule has 0 aliphatic heterocycles. The number of hydrogen-bond acceptors (Lipinski definition) is 4. The summed E-state index contributed by atoms with van der Waals surface area (Å²) >= 11 is 0. The molecule has 2 aromatic rings. The van der Waals surface area contributed by atoms with Gasteiger partial charge in [0.15, 0.2) is 0 Å². The number of carbonyl (C=O) groups is 1. The van der Waals surface area contributed by atoms with E-state index in [0.29, 0.717) is 6.42 Å². The van der Waals surface area contributed by atoms with Gasteiger partial charge in [0.2, 0.25) is 0 Å². The number of nitrogens with one attached hydrogen (secondary N) is 2. The van der Waals surface area contributed by atoms with Crippen LogP contribution in [0.4, 0.5) is 5.69 Å². The normalized spacial score (nSPS) is 11.0. The van der Waals surface area contributed by atoms with Gasteiger partial charge in [-0.15, -0.1) is 0 Å². The van der Waals surface area contributed by atoms with Crippen LogP contribution in [0.15, 0.2) is 54.6 Å². The van der Waals surface area contributed by atoms with Crippen LogP contribution in [0.5, 0.6) is 0 Å². The summed E-state index contributed by atoms with van der Waals surface area (Å²) < 4.78 is 33.6. The fraction of sp³-hybridized carbons (Fsp3) is 0.188. The summed E-state index contributed by atoms with van der Waals surface area (Å²) in [7, 11) is -2.54. The van der Waals surface area contributed by atoms with Crippen LogP contribution in [0, 0.1) is 0 Å². The van der Waals surface area contributed by atoms with Gasteiger partial charge in [0.1, 0.15) is 0 Å². The van der Waals surface area contributed by atoms with Crippen molar-refractivity contribution < 1.29 is 17.9 Å². The topological polar surface area (TPSA) is 84.5 Å². The minimum Gasteiger partial charge on any atom is -0.465 e. The van der Waals surface area contributed by atoms with Gasteiger partial charge in [0.25, 0.3) is 10.2 Å². The minimum atomic E-state index is -3.78. The van der Waals surface area contributed by atoms with Crippen LogP contribution in [0.3, 0.4) is 0 Å². The first-order chi connectivity index (χ1) is 11.0. The molecule has 0 unspecified atom stereocenters. The highest BCUT2D eigenvalue weighted by Crippen LogP contribution is 2.17. The molecule has 0 atom stereocenters. The van der Waals surface area contributed by atoms with Gasteiger partial charge in [0.05, 0.1) is 18.4 Å². The maximum atomic E-state index is 12.1. The van der Waals surface area contributed by atoms with Gasteiger partial charge in [-0.2, -0.15) is 13.1 Å². The van der Waals surface area contributed by atoms with Crippen LogP contribution in [-0.2, 0) is 21.4 Å². The molecular formula is C16H18N2O4S. The largest absolute Gasteiger partial charge is 0.465 e. The first kappa shape index (κ1) is 17.0. The van der Waals surface area contributed by atoms with Crippen molar-refractivity contribution in [1.29, 1.82) is 0 Å². The molecule has 0 aromatic heterocycles. The van der Waals surface area contributed by atoms with E-state index in [1.807, 2.05) is 30.3 Å². The summed E-state index contributed by atoms with van der Waals surface area (Å²) in [6.45, 7) is 0.250. The number of carbonyl (C=O) groups excluding carboxylic acids is 1. The molecule has 23 heavy (non-hydrogen) atoms. The van der Waals surface area contributed by atoms with Crippen LogP contribution in [0.1, 0.15) is 15.9 Å². The number of benzene rings is 2. The summed E-state index contributed by atoms with van der Waals surface area (Å²) in [4.78, 5) is 11.6. The van der Waals surface area contributed by atoms with Gasteiger partial charge >= 0.3 is 5.97 Å². The van der Waals surface area contributed by atoms with Crippen molar-refractivity contribution >= 4 is 21.9 Å². The second kappa shape index (κ2) is 7.75. The van der Waals surface area contributed by atoms with Crippen molar-refractivity contribution in [3.63, 3.8) is 0 Å². The Kier molecular flexibility index (Phi) is 5.72. The van der Waals surface area contributed by atoms with E-state index in [4.69, 9.17) is 0 Å². The highest BCUT2D eigenvalue weighted by atomic mass is 32.2. The number of hydrogen-bond donors (Lipinski definition) is 2. The smallest absolute Gasteiger partial charge is 0.339 e. The number of methoxy groups -OCH3 is 1. The minimum absolute atomic E-state index is 0.156. The fourth-order valence-corrected chi connectivity index (χ4v) is 2.93. The summed E-state index contributed by atoms with van der Waals surface area (Å²) in [5, 5.41) is 0. The van der Waals surface area contributed by atoms with E-state index in [9.17, 15) is 13.2 Å². The van der Waals surface area contributed by atoms with Crippen LogP contribution in [0.2, 0.25) is 0 Å². The van der Waals surface area contributed by atoms with Crippen LogP contribution >= 0.6 is 0 Å². The quantitative estimate of drug-likeness (QED) is 0.758. The Morgan fingerprint density at radius 1 is 1.04 bits per heavy atom. The van der Waals surface area contributed by atoms with E-state index in [0.717, 1.165) is 5.56 Å². The van der Waals surface area contributed by atoms with Gasteiger partial charge in [-0.1, -0.05) is 42.5 Å². The lowest BCUT2D eigenvalue weighted by Crippen LogP contribution is -2.32. The third-order valence-electron chi connectivity index (χ3n) is 3.13. The summed E-state index contributed by atoms with van der Waals surface area (Å²) in [6, 6.07) is 15.8. The van der Waals surface area contributed by atoms with E-state index in [2.05, 4.69) is 14.2 Å². The molecule has 2 aromatic carbocycles. The second-order valence-corrected chi connectivity index (χ2v) is 6.27. The molecular weight excluding hydrogens is 316 g/mol. The zero-order valence-electron chi connectivity index (χ0n) is 12.7. The van der Waals surface area contributed by atoms with Crippen molar-refractivity contribution in [3.8, 4) is 0 Å². The third kappa shape index (κ3) is 5.08. The number of para-hydroxylation sites is 1. The molecule has 0 aliphatic rings. The maximum Gasteiger partial charge on any atom is 0.339 e. The Morgan fingerprint density at radius 3 is 2.39 bits per heavy atom. The predicted octanol–water partition coefficient (Wildman–Crippen LogP) is 1.96. The first-order valence-corrected chi connectivity index (χ1v) is 8.49. The third-order valence-corrected chi connectivity index (χ3v) is 4.20. The summed E-state index contributed by atoms with van der Waals surface area (Å²) in [5.74, 6) is -0.604. The predicted molar refractivity (Wildman–Crippen MR) is 88.5 cm³/mol. The lowest BCUT2D eigenvalue weighted by Gasteiger charge is -2.12. The molecule has 0 saturated carbocycles. The number of ether oxygens (including phenoxy) is 1. The molecule has 6 nitrogen and oxygen atoms in total. The standard InChI is InChI=1S/C16H18N2O4S/c1-22-16(19)14-9-5-6-10-15(14)18-23(20,21)17-12-11-13-7-3-2-4-8-13/h2-10,17-18H,11-12H2,1H3. The zero-order valence-corrected chi connectivity index (χ0v) is 13.5. The van der Waals surface area contributed by atoms with Crippen molar-refractivity contribution in [2.45, 2.75) is 6.42 Å². The van der Waals surface area contributed by atoms with Crippen LogP contribution in [0.25, 0.3) is 0 Å². The highest BCUT2D eigenvalue weighted by molar-refractivity contribution is 7.90. The second-order valence-electron chi connectivity index (χ2n) is 4.77. The molecule has 0 saturated heterocycles. The molecule has 0 amide bonds. The van der Waals surface area contributed by atoms with Gasteiger partial charge in [0, 0.05) is 6.54 Å². The molecule has 2 N–H and O–H groups in total. The monoisotopic (exact) mass is 334 g/mol. The molecule has 2 rings (SSSR count). The van der Waals surface area contributed by atoms with Crippen LogP contribution < -0.4 is 9.44 Å². The van der Waals surface area contributed by atoms with Crippen molar-refractivity contribution in [3.05, 3.63) is 65.7 Å². The lowest BCUT2D eigenvalue weighted by molar-refractivity contribution is 0.0602. The average Bonchev–Trinajstić information content (AvgIpc) is 2.55. The van der Waals surface area contributed by atoms with E-state index < -0.39 is 16.2 Å². The van der Waals surface area contributed by atoms with Gasteiger partial charge in [-0.25, -0.2) is 4.79 Å². The molecule has 0 radical (unpaired) electrons. The summed E-state index contributed by atoms with van der Waals surface area (Å²) in [5.41, 5.74) is 1.36. The molecule has 122 valence electrons. The lowest BCUT2D eigenvalue weighted by atomic mass is 10.2. The molecule has 0 aliphatic carbocycles. The Bertz CT molecular complexity index is 761. The molecule has 7 heteroatoms. The van der Waals surface area contributed by atoms with Crippen molar-refractivity contribution in [2.75, 3.05) is 18.4 Å². The van der Waals surface area contributed by atoms with E-state index in [-0.39, 0.29) is 17.8 Å². The zero-order chi connectivity index (χ0) is 16.7. The van der Waals surface area contributed by atoms with Gasteiger partial charge < -0.3 is 4.74 Å². The molecule has 0 bridgehead atoms. The average molecular weight is 334 g/mol. The van der Waals surface area contributed by atoms with Gasteiger partial charge in [-0.3, -0.25) is 4.72 Å². The SMILES string of the molecule is COC(=O)c1ccccc1NS(=O)(=O)NCCc1ccccc1. The summed E-state index contributed by atoms with van der Waals surface area (Å²) in [6.07, 6.45) is 0.570. The van der Waals surface area contributed by atoms with E-state index >= 15 is 0 Å². The Morgan fingerprint density at radius 2 is 1.70 bits per heavy atom. The highest BCUT2D eigenvalue weighted by Gasteiger charge is 2.16. The first-order valence-electron chi connectivity index (χ1n) is 7.00. The Balaban J connectivity index is 2.00. The van der Waals surface area contributed by atoms with Crippen LogP contribution in [-0.4, -0.2) is 28.0 Å². The van der Waals surface area contributed by atoms with Crippen molar-refractivity contribution in [2.24, 2.45) is 0 Å².